The average Bonchev–Trinajstić information content (AvgIpc) is 3.52. The van der Waals surface area contributed by atoms with E-state index in [0.29, 0.717) is 33.7 Å². The second-order valence-corrected chi connectivity index (χ2v) is 8.09. The molecule has 0 aliphatic heterocycles. The van der Waals surface area contributed by atoms with Crippen LogP contribution < -0.4 is 0 Å². The fourth-order valence-electron chi connectivity index (χ4n) is 3.61. The number of benzene rings is 1. The van der Waals surface area contributed by atoms with E-state index in [4.69, 9.17) is 14.2 Å². The quantitative estimate of drug-likeness (QED) is 0.328. The zero-order valence-electron chi connectivity index (χ0n) is 18.9. The molecule has 34 heavy (non-hydrogen) atoms. The van der Waals surface area contributed by atoms with Crippen LogP contribution >= 0.6 is 0 Å². The molecule has 0 amide bonds. The number of hydrogen-bond donors (Lipinski definition) is 0. The normalized spacial score (nSPS) is 12.2. The summed E-state index contributed by atoms with van der Waals surface area (Å²) in [4.78, 5) is 26.5. The maximum atomic E-state index is 13.3. The second-order valence-electron chi connectivity index (χ2n) is 8.09. The SMILES string of the molecule is CC(OC(=O)c1cc(-c2ccccc2)nc2c1cnn2C(C)C)c1nc(-c2cccnc2)no1. The smallest absolute Gasteiger partial charge is 0.339 e. The minimum Gasteiger partial charge on any atom is -0.449 e. The van der Waals surface area contributed by atoms with E-state index in [9.17, 15) is 4.79 Å². The van der Waals surface area contributed by atoms with Crippen molar-refractivity contribution in [2.24, 2.45) is 0 Å². The summed E-state index contributed by atoms with van der Waals surface area (Å²) in [5, 5.41) is 9.04. The summed E-state index contributed by atoms with van der Waals surface area (Å²) in [6, 6.07) is 15.1. The molecule has 1 atom stereocenters. The lowest BCUT2D eigenvalue weighted by Crippen LogP contribution is -2.11. The fraction of sp³-hybridized carbons (Fsp3) is 0.200. The standard InChI is InChI=1S/C25H22N6O3/c1-15(2)31-23-20(14-27-31)19(12-21(28-23)17-8-5-4-6-9-17)25(32)33-16(3)24-29-22(30-34-24)18-10-7-11-26-13-18/h4-16H,1-3H3. The van der Waals surface area contributed by atoms with Gasteiger partial charge < -0.3 is 9.26 Å². The van der Waals surface area contributed by atoms with Crippen LogP contribution in [-0.4, -0.2) is 35.9 Å². The predicted molar refractivity (Wildman–Crippen MR) is 125 cm³/mol. The first-order valence-electron chi connectivity index (χ1n) is 10.9. The molecule has 0 N–H and O–H groups in total. The van der Waals surface area contributed by atoms with E-state index in [2.05, 4.69) is 20.2 Å². The Morgan fingerprint density at radius 3 is 2.53 bits per heavy atom. The van der Waals surface area contributed by atoms with Gasteiger partial charge >= 0.3 is 5.97 Å². The third-order valence-corrected chi connectivity index (χ3v) is 5.34. The molecule has 0 saturated heterocycles. The molecule has 170 valence electrons. The summed E-state index contributed by atoms with van der Waals surface area (Å²) < 4.78 is 12.9. The highest BCUT2D eigenvalue weighted by Crippen LogP contribution is 2.28. The van der Waals surface area contributed by atoms with E-state index in [-0.39, 0.29) is 11.9 Å². The van der Waals surface area contributed by atoms with Gasteiger partial charge in [0.1, 0.15) is 0 Å². The first-order chi connectivity index (χ1) is 16.5. The molecule has 9 nitrogen and oxygen atoms in total. The molecule has 0 spiro atoms. The van der Waals surface area contributed by atoms with Gasteiger partial charge in [-0.05, 0) is 39.0 Å². The summed E-state index contributed by atoms with van der Waals surface area (Å²) in [7, 11) is 0. The molecule has 5 aromatic rings. The lowest BCUT2D eigenvalue weighted by Gasteiger charge is -2.12. The van der Waals surface area contributed by atoms with E-state index < -0.39 is 12.1 Å². The van der Waals surface area contributed by atoms with Crippen molar-refractivity contribution in [1.29, 1.82) is 0 Å². The molecule has 0 radical (unpaired) electrons. The summed E-state index contributed by atoms with van der Waals surface area (Å²) in [6.45, 7) is 5.71. The highest BCUT2D eigenvalue weighted by atomic mass is 16.6. The monoisotopic (exact) mass is 454 g/mol. The molecule has 1 aromatic carbocycles. The van der Waals surface area contributed by atoms with Crippen molar-refractivity contribution in [3.63, 3.8) is 0 Å². The molecule has 1 unspecified atom stereocenters. The van der Waals surface area contributed by atoms with Crippen LogP contribution in [0.15, 0.2) is 71.6 Å². The Kier molecular flexibility index (Phi) is 5.59. The third kappa shape index (κ3) is 4.03. The number of ether oxygens (including phenoxy) is 1. The van der Waals surface area contributed by atoms with Gasteiger partial charge in [0.25, 0.3) is 5.89 Å². The fourth-order valence-corrected chi connectivity index (χ4v) is 3.61. The van der Waals surface area contributed by atoms with Gasteiger partial charge in [-0.3, -0.25) is 4.98 Å². The van der Waals surface area contributed by atoms with E-state index in [0.717, 1.165) is 5.56 Å². The number of fused-ring (bicyclic) bond motifs is 1. The second kappa shape index (κ2) is 8.86. The molecule has 0 bridgehead atoms. The number of aromatic nitrogens is 6. The molecular weight excluding hydrogens is 432 g/mol. The van der Waals surface area contributed by atoms with Crippen LogP contribution in [0.25, 0.3) is 33.7 Å². The van der Waals surface area contributed by atoms with Gasteiger partial charge in [0.15, 0.2) is 11.8 Å². The Bertz CT molecular complexity index is 1440. The van der Waals surface area contributed by atoms with Crippen LogP contribution in [0.1, 0.15) is 49.2 Å². The van der Waals surface area contributed by atoms with Crippen LogP contribution in [0.5, 0.6) is 0 Å². The van der Waals surface area contributed by atoms with Crippen molar-refractivity contribution in [1.82, 2.24) is 29.9 Å². The number of rotatable bonds is 6. The number of nitrogens with zero attached hydrogens (tertiary/aromatic N) is 6. The number of hydrogen-bond acceptors (Lipinski definition) is 8. The van der Waals surface area contributed by atoms with Gasteiger partial charge in [-0.15, -0.1) is 0 Å². The maximum Gasteiger partial charge on any atom is 0.339 e. The molecule has 0 aliphatic rings. The van der Waals surface area contributed by atoms with Gasteiger partial charge in [0, 0.05) is 29.6 Å². The minimum atomic E-state index is -0.756. The molecule has 0 aliphatic carbocycles. The van der Waals surface area contributed by atoms with Crippen molar-refractivity contribution in [3.8, 4) is 22.6 Å². The average molecular weight is 454 g/mol. The molecule has 4 aromatic heterocycles. The van der Waals surface area contributed by atoms with Crippen LogP contribution in [0.4, 0.5) is 0 Å². The number of esters is 1. The molecule has 9 heteroatoms. The molecular formula is C25H22N6O3. The Hall–Kier alpha value is -4.40. The van der Waals surface area contributed by atoms with Gasteiger partial charge in [-0.25, -0.2) is 14.5 Å². The molecule has 5 rings (SSSR count). The Morgan fingerprint density at radius 1 is 1.00 bits per heavy atom. The first-order valence-corrected chi connectivity index (χ1v) is 10.9. The van der Waals surface area contributed by atoms with Gasteiger partial charge in [0.05, 0.1) is 22.8 Å². The topological polar surface area (TPSA) is 109 Å². The number of pyridine rings is 2. The number of carbonyl (C=O) groups excluding carboxylic acids is 1. The van der Waals surface area contributed by atoms with Crippen LogP contribution in [0.2, 0.25) is 0 Å². The van der Waals surface area contributed by atoms with E-state index >= 15 is 0 Å². The zero-order chi connectivity index (χ0) is 23.7. The van der Waals surface area contributed by atoms with E-state index in [1.807, 2.05) is 50.2 Å². The molecule has 0 saturated carbocycles. The van der Waals surface area contributed by atoms with Crippen LogP contribution in [0, 0.1) is 0 Å². The highest BCUT2D eigenvalue weighted by molar-refractivity contribution is 6.03. The van der Waals surface area contributed by atoms with Crippen molar-refractivity contribution in [2.45, 2.75) is 32.9 Å². The van der Waals surface area contributed by atoms with Crippen molar-refractivity contribution >= 4 is 17.0 Å². The van der Waals surface area contributed by atoms with E-state index in [1.165, 1.54) is 0 Å². The Morgan fingerprint density at radius 2 is 1.79 bits per heavy atom. The summed E-state index contributed by atoms with van der Waals surface area (Å²) in [5.41, 5.74) is 3.25. The third-order valence-electron chi connectivity index (χ3n) is 5.34. The summed E-state index contributed by atoms with van der Waals surface area (Å²) in [6.07, 6.45) is 4.19. The summed E-state index contributed by atoms with van der Waals surface area (Å²) >= 11 is 0. The van der Waals surface area contributed by atoms with Crippen LogP contribution in [-0.2, 0) is 4.74 Å². The molecule has 4 heterocycles. The largest absolute Gasteiger partial charge is 0.449 e. The van der Waals surface area contributed by atoms with Crippen molar-refractivity contribution < 1.29 is 14.1 Å². The summed E-state index contributed by atoms with van der Waals surface area (Å²) in [5.74, 6) is 0.0436. The van der Waals surface area contributed by atoms with Gasteiger partial charge in [0.2, 0.25) is 5.82 Å². The van der Waals surface area contributed by atoms with Gasteiger partial charge in [-0.1, -0.05) is 35.5 Å². The molecule has 0 fully saturated rings. The Labute approximate surface area is 195 Å². The Balaban J connectivity index is 1.48. The number of carbonyl (C=O) groups is 1. The lowest BCUT2D eigenvalue weighted by molar-refractivity contribution is 0.0267. The minimum absolute atomic E-state index is 0.0723. The van der Waals surface area contributed by atoms with Gasteiger partial charge in [-0.2, -0.15) is 10.1 Å². The van der Waals surface area contributed by atoms with Crippen molar-refractivity contribution in [2.75, 3.05) is 0 Å². The highest BCUT2D eigenvalue weighted by Gasteiger charge is 2.24. The lowest BCUT2D eigenvalue weighted by atomic mass is 10.1. The first kappa shape index (κ1) is 21.4. The van der Waals surface area contributed by atoms with E-state index in [1.54, 1.807) is 42.3 Å². The zero-order valence-corrected chi connectivity index (χ0v) is 18.9. The van der Waals surface area contributed by atoms with Crippen molar-refractivity contribution in [3.05, 3.63) is 78.6 Å². The predicted octanol–water partition coefficient (Wildman–Crippen LogP) is 5.04. The van der Waals surface area contributed by atoms with Crippen LogP contribution in [0.3, 0.4) is 0 Å². The maximum absolute atomic E-state index is 13.3.